The normalized spacial score (nSPS) is 15.9. The summed E-state index contributed by atoms with van der Waals surface area (Å²) in [5.74, 6) is -2.71. The van der Waals surface area contributed by atoms with Crippen molar-refractivity contribution in [3.63, 3.8) is 0 Å². The number of carboxylic acid groups (broad SMARTS) is 1. The molecule has 6 rings (SSSR count). The van der Waals surface area contributed by atoms with Gasteiger partial charge < -0.3 is 19.9 Å². The maximum Gasteiger partial charge on any atom is 0.407 e. The molecule has 3 N–H and O–H groups in total. The number of aromatic nitrogens is 3. The van der Waals surface area contributed by atoms with Gasteiger partial charge in [-0.1, -0.05) is 6.92 Å². The molecule has 2 fully saturated rings. The van der Waals surface area contributed by atoms with Crippen LogP contribution < -0.4 is 9.62 Å². The number of H-pyrrole nitrogens is 1. The summed E-state index contributed by atoms with van der Waals surface area (Å²) < 4.78 is 58.1. The maximum atomic E-state index is 15.4. The third kappa shape index (κ3) is 4.93. The van der Waals surface area contributed by atoms with E-state index in [1.54, 1.807) is 25.4 Å². The average molecular weight is 612 g/mol. The van der Waals surface area contributed by atoms with Crippen molar-refractivity contribution >= 4 is 44.6 Å². The molecule has 1 amide bonds. The Kier molecular flexibility index (Phi) is 6.81. The zero-order valence-corrected chi connectivity index (χ0v) is 24.0. The number of halogens is 2. The number of hydrogen-bond acceptors (Lipinski definition) is 7. The molecule has 4 aromatic rings. The van der Waals surface area contributed by atoms with Gasteiger partial charge >= 0.3 is 16.3 Å². The summed E-state index contributed by atoms with van der Waals surface area (Å²) in [6, 6.07) is 7.10. The van der Waals surface area contributed by atoms with E-state index in [0.29, 0.717) is 35.2 Å². The molecule has 1 aromatic carbocycles. The molecule has 15 heteroatoms. The molecular formula is C28H27F2N7O5S. The zero-order chi connectivity index (χ0) is 30.7. The lowest BCUT2D eigenvalue weighted by Gasteiger charge is -2.59. The number of benzene rings is 1. The van der Waals surface area contributed by atoms with Gasteiger partial charge in [0.1, 0.15) is 17.3 Å². The van der Waals surface area contributed by atoms with E-state index in [9.17, 15) is 22.4 Å². The minimum atomic E-state index is -4.12. The summed E-state index contributed by atoms with van der Waals surface area (Å²) in [7, 11) is -2.83. The third-order valence-corrected chi connectivity index (χ3v) is 9.53. The smallest absolute Gasteiger partial charge is 0.407 e. The van der Waals surface area contributed by atoms with E-state index in [1.165, 1.54) is 18.1 Å². The standard InChI is InChI=1S/C28H27F2N7O5S/c1-3-35(2)43(41,42)34-21-6-5-20(29)23(24(21)30)25(38)19-11-33-26-18(19)8-17(10-32-26)16-4-7-22(31-9-16)36-12-28(13-36)14-37(15-28)27(39)40/h4-11,34H,3,12-15H2,1-2H3,(H,32,33)(H,39,40). The van der Waals surface area contributed by atoms with Gasteiger partial charge in [-0.2, -0.15) is 12.7 Å². The summed E-state index contributed by atoms with van der Waals surface area (Å²) >= 11 is 0. The molecule has 0 radical (unpaired) electrons. The predicted octanol–water partition coefficient (Wildman–Crippen LogP) is 3.54. The van der Waals surface area contributed by atoms with Crippen molar-refractivity contribution < 1.29 is 31.9 Å². The second kappa shape index (κ2) is 10.3. The topological polar surface area (TPSA) is 152 Å². The number of carbonyl (C=O) groups is 2. The van der Waals surface area contributed by atoms with Gasteiger partial charge in [0, 0.05) is 85.9 Å². The van der Waals surface area contributed by atoms with Crippen LogP contribution in [0.3, 0.4) is 0 Å². The summed E-state index contributed by atoms with van der Waals surface area (Å²) in [5.41, 5.74) is 0.116. The number of rotatable bonds is 8. The van der Waals surface area contributed by atoms with Crippen molar-refractivity contribution in [1.29, 1.82) is 0 Å². The summed E-state index contributed by atoms with van der Waals surface area (Å²) in [6.45, 7) is 4.17. The molecule has 224 valence electrons. The van der Waals surface area contributed by atoms with Crippen molar-refractivity contribution in [1.82, 2.24) is 24.2 Å². The van der Waals surface area contributed by atoms with E-state index < -0.39 is 45.0 Å². The van der Waals surface area contributed by atoms with Crippen LogP contribution in [0.1, 0.15) is 22.8 Å². The van der Waals surface area contributed by atoms with Crippen LogP contribution in [0.2, 0.25) is 0 Å². The molecular weight excluding hydrogens is 584 g/mol. The second-order valence-corrected chi connectivity index (χ2v) is 12.6. The lowest BCUT2D eigenvalue weighted by atomic mass is 9.73. The molecule has 1 spiro atoms. The quantitative estimate of drug-likeness (QED) is 0.256. The van der Waals surface area contributed by atoms with Crippen LogP contribution in [0.4, 0.5) is 25.1 Å². The fraction of sp³-hybridized carbons (Fsp3) is 0.286. The highest BCUT2D eigenvalue weighted by Gasteiger charge is 2.53. The molecule has 3 aromatic heterocycles. The Labute approximate surface area is 245 Å². The zero-order valence-electron chi connectivity index (χ0n) is 23.1. The molecule has 2 aliphatic rings. The first-order chi connectivity index (χ1) is 20.4. The number of nitrogens with one attached hydrogen (secondary N) is 2. The molecule has 12 nitrogen and oxygen atoms in total. The van der Waals surface area contributed by atoms with Crippen molar-refractivity contribution in [3.05, 3.63) is 71.7 Å². The number of hydrogen-bond donors (Lipinski definition) is 3. The van der Waals surface area contributed by atoms with Crippen LogP contribution >= 0.6 is 0 Å². The molecule has 0 saturated carbocycles. The van der Waals surface area contributed by atoms with E-state index in [1.807, 2.05) is 12.1 Å². The number of nitrogens with zero attached hydrogens (tertiary/aromatic N) is 5. The van der Waals surface area contributed by atoms with Gasteiger partial charge in [-0.05, 0) is 30.3 Å². The molecule has 5 heterocycles. The van der Waals surface area contributed by atoms with E-state index in [4.69, 9.17) is 5.11 Å². The maximum absolute atomic E-state index is 15.4. The number of amides is 1. The molecule has 0 unspecified atom stereocenters. The lowest BCUT2D eigenvalue weighted by Crippen LogP contribution is -2.73. The number of ketones is 1. The van der Waals surface area contributed by atoms with E-state index in [0.717, 1.165) is 35.3 Å². The van der Waals surface area contributed by atoms with Gasteiger partial charge in [-0.3, -0.25) is 9.52 Å². The van der Waals surface area contributed by atoms with Crippen LogP contribution in [0.15, 0.2) is 48.9 Å². The first-order valence-corrected chi connectivity index (χ1v) is 14.8. The molecule has 0 aliphatic carbocycles. The second-order valence-electron chi connectivity index (χ2n) is 10.9. The fourth-order valence-corrected chi connectivity index (χ4v) is 6.41. The van der Waals surface area contributed by atoms with E-state index >= 15 is 4.39 Å². The summed E-state index contributed by atoms with van der Waals surface area (Å²) in [5, 5.41) is 9.40. The Morgan fingerprint density at radius 3 is 2.47 bits per heavy atom. The number of likely N-dealkylation sites (tertiary alicyclic amines) is 1. The van der Waals surface area contributed by atoms with Gasteiger partial charge in [-0.15, -0.1) is 0 Å². The van der Waals surface area contributed by atoms with Crippen molar-refractivity contribution in [3.8, 4) is 11.1 Å². The monoisotopic (exact) mass is 611 g/mol. The van der Waals surface area contributed by atoms with Gasteiger partial charge in [0.15, 0.2) is 5.82 Å². The number of anilines is 2. The van der Waals surface area contributed by atoms with Crippen LogP contribution in [-0.2, 0) is 10.2 Å². The number of fused-ring (bicyclic) bond motifs is 1. The van der Waals surface area contributed by atoms with Gasteiger partial charge in [-0.25, -0.2) is 23.5 Å². The van der Waals surface area contributed by atoms with Gasteiger partial charge in [0.2, 0.25) is 5.78 Å². The Balaban J connectivity index is 1.24. The molecule has 43 heavy (non-hydrogen) atoms. The number of carbonyl (C=O) groups excluding carboxylic acids is 1. The van der Waals surface area contributed by atoms with Crippen molar-refractivity contribution in [2.45, 2.75) is 6.92 Å². The highest BCUT2D eigenvalue weighted by molar-refractivity contribution is 7.90. The van der Waals surface area contributed by atoms with E-state index in [2.05, 4.69) is 24.6 Å². The molecule has 2 aliphatic heterocycles. The Hall–Kier alpha value is -4.63. The molecule has 2 saturated heterocycles. The highest BCUT2D eigenvalue weighted by Crippen LogP contribution is 2.41. The Morgan fingerprint density at radius 1 is 1.09 bits per heavy atom. The molecule has 0 atom stereocenters. The fourth-order valence-electron chi connectivity index (χ4n) is 5.48. The van der Waals surface area contributed by atoms with Gasteiger partial charge in [0.25, 0.3) is 0 Å². The Bertz CT molecular complexity index is 1870. The minimum absolute atomic E-state index is 0.0143. The number of pyridine rings is 2. The first kappa shape index (κ1) is 28.5. The number of aromatic amines is 1. The molecule has 0 bridgehead atoms. The highest BCUT2D eigenvalue weighted by atomic mass is 32.2. The largest absolute Gasteiger partial charge is 0.465 e. The van der Waals surface area contributed by atoms with Crippen LogP contribution in [-0.4, -0.2) is 89.3 Å². The van der Waals surface area contributed by atoms with Crippen LogP contribution in [0.25, 0.3) is 22.2 Å². The van der Waals surface area contributed by atoms with Crippen LogP contribution in [0.5, 0.6) is 0 Å². The summed E-state index contributed by atoms with van der Waals surface area (Å²) in [6.07, 6.45) is 3.63. The SMILES string of the molecule is CCN(C)S(=O)(=O)Nc1ccc(F)c(C(=O)c2c[nH]c3ncc(-c4ccc(N5CC6(CN(C(=O)O)C6)C5)nc4)cc23)c1F. The minimum Gasteiger partial charge on any atom is -0.465 e. The van der Waals surface area contributed by atoms with E-state index in [-0.39, 0.29) is 17.5 Å². The third-order valence-electron chi connectivity index (χ3n) is 7.97. The van der Waals surface area contributed by atoms with Gasteiger partial charge in [0.05, 0.1) is 11.3 Å². The summed E-state index contributed by atoms with van der Waals surface area (Å²) in [4.78, 5) is 39.7. The first-order valence-electron chi connectivity index (χ1n) is 13.3. The predicted molar refractivity (Wildman–Crippen MR) is 154 cm³/mol. The van der Waals surface area contributed by atoms with Crippen LogP contribution in [0, 0.1) is 17.0 Å². The average Bonchev–Trinajstić information content (AvgIpc) is 3.36. The van der Waals surface area contributed by atoms with Crippen molar-refractivity contribution in [2.24, 2.45) is 5.41 Å². The van der Waals surface area contributed by atoms with Crippen molar-refractivity contribution in [2.75, 3.05) is 49.4 Å². The lowest BCUT2D eigenvalue weighted by molar-refractivity contribution is -0.00974. The Morgan fingerprint density at radius 2 is 1.81 bits per heavy atom.